The van der Waals surface area contributed by atoms with Crippen LogP contribution in [-0.4, -0.2) is 33.0 Å². The molecule has 7 nitrogen and oxygen atoms in total. The van der Waals surface area contributed by atoms with Crippen molar-refractivity contribution >= 4 is 33.5 Å². The molecule has 0 fully saturated rings. The van der Waals surface area contributed by atoms with E-state index in [0.717, 1.165) is 0 Å². The lowest BCUT2D eigenvalue weighted by atomic mass is 9.95. The number of rotatable bonds is 4. The topological polar surface area (TPSA) is 122 Å². The molecular formula is C22H20O7. The molecule has 29 heavy (non-hydrogen) atoms. The second-order valence-corrected chi connectivity index (χ2v) is 7.96. The summed E-state index contributed by atoms with van der Waals surface area (Å²) in [6.07, 6.45) is 0. The number of fused-ring (bicyclic) bond motifs is 2. The van der Waals surface area contributed by atoms with Crippen LogP contribution in [0.1, 0.15) is 48.4 Å². The summed E-state index contributed by atoms with van der Waals surface area (Å²) < 4.78 is 5.69. The molecule has 0 spiro atoms. The van der Waals surface area contributed by atoms with Crippen molar-refractivity contribution in [2.24, 2.45) is 0 Å². The first kappa shape index (κ1) is 20.6. The van der Waals surface area contributed by atoms with Crippen molar-refractivity contribution in [2.45, 2.75) is 38.9 Å². The summed E-state index contributed by atoms with van der Waals surface area (Å²) in [7, 11) is 0. The molecule has 0 atom stereocenters. The maximum Gasteiger partial charge on any atom is 0.237 e. The number of carbonyl (C=O) groups excluding carboxylic acids is 2. The Morgan fingerprint density at radius 2 is 1.07 bits per heavy atom. The van der Waals surface area contributed by atoms with Crippen LogP contribution >= 0.6 is 0 Å². The van der Waals surface area contributed by atoms with Gasteiger partial charge in [-0.05, 0) is 64.1 Å². The Hall–Kier alpha value is -3.16. The molecule has 0 aliphatic carbocycles. The first-order chi connectivity index (χ1) is 13.3. The van der Waals surface area contributed by atoms with Crippen molar-refractivity contribution in [1.82, 2.24) is 0 Å². The molecule has 0 bridgehead atoms. The predicted octanol–water partition coefficient (Wildman–Crippen LogP) is 2.21. The lowest BCUT2D eigenvalue weighted by Crippen LogP contribution is -2.31. The van der Waals surface area contributed by atoms with Crippen LogP contribution in [0.5, 0.6) is 0 Å². The van der Waals surface area contributed by atoms with Gasteiger partial charge < -0.3 is 14.6 Å². The van der Waals surface area contributed by atoms with E-state index < -0.39 is 33.6 Å². The van der Waals surface area contributed by atoms with Crippen LogP contribution in [0.15, 0.2) is 50.4 Å². The number of aliphatic hydroxyl groups is 2. The van der Waals surface area contributed by atoms with Crippen molar-refractivity contribution in [3.05, 3.63) is 68.0 Å². The van der Waals surface area contributed by atoms with E-state index in [4.69, 9.17) is 4.42 Å². The smallest absolute Gasteiger partial charge is 0.237 e. The fourth-order valence-electron chi connectivity index (χ4n) is 2.94. The van der Waals surface area contributed by atoms with E-state index in [9.17, 15) is 29.4 Å². The highest BCUT2D eigenvalue weighted by atomic mass is 16.3. The predicted molar refractivity (Wildman–Crippen MR) is 108 cm³/mol. The van der Waals surface area contributed by atoms with Crippen molar-refractivity contribution in [3.8, 4) is 0 Å². The minimum atomic E-state index is -1.65. The van der Waals surface area contributed by atoms with Crippen LogP contribution in [-0.2, 0) is 0 Å². The van der Waals surface area contributed by atoms with Crippen molar-refractivity contribution in [1.29, 1.82) is 0 Å². The highest BCUT2D eigenvalue weighted by molar-refractivity contribution is 6.05. The fraction of sp³-hybridized carbons (Fsp3) is 0.273. The largest absolute Gasteiger partial charge is 0.456 e. The summed E-state index contributed by atoms with van der Waals surface area (Å²) in [6.45, 7) is 5.28. The van der Waals surface area contributed by atoms with Crippen LogP contribution in [0.2, 0.25) is 0 Å². The molecule has 0 saturated carbocycles. The molecule has 3 aromatic rings. The van der Waals surface area contributed by atoms with Crippen LogP contribution < -0.4 is 10.9 Å². The van der Waals surface area contributed by atoms with Gasteiger partial charge in [-0.3, -0.25) is 19.2 Å². The summed E-state index contributed by atoms with van der Waals surface area (Å²) in [5.74, 6) is -1.22. The van der Waals surface area contributed by atoms with Gasteiger partial charge in [0.05, 0.1) is 10.8 Å². The number of hydrogen-bond donors (Lipinski definition) is 2. The number of carbonyl (C=O) groups is 2. The normalized spacial score (nSPS) is 12.3. The Balaban J connectivity index is 2.35. The van der Waals surface area contributed by atoms with Gasteiger partial charge in [0.2, 0.25) is 10.9 Å². The molecule has 0 saturated heterocycles. The first-order valence-corrected chi connectivity index (χ1v) is 8.90. The zero-order chi connectivity index (χ0) is 21.7. The van der Waals surface area contributed by atoms with Gasteiger partial charge in [0.15, 0.2) is 11.6 Å². The number of ketones is 2. The zero-order valence-corrected chi connectivity index (χ0v) is 16.4. The Morgan fingerprint density at radius 1 is 0.724 bits per heavy atom. The van der Waals surface area contributed by atoms with Gasteiger partial charge in [-0.2, -0.15) is 0 Å². The minimum absolute atomic E-state index is 0.0600. The van der Waals surface area contributed by atoms with E-state index in [1.807, 2.05) is 0 Å². The molecule has 1 aromatic heterocycles. The van der Waals surface area contributed by atoms with Gasteiger partial charge in [-0.1, -0.05) is 0 Å². The van der Waals surface area contributed by atoms with Gasteiger partial charge in [-0.25, -0.2) is 0 Å². The van der Waals surface area contributed by atoms with Gasteiger partial charge in [-0.15, -0.1) is 0 Å². The molecule has 2 N–H and O–H groups in total. The van der Waals surface area contributed by atoms with Crippen molar-refractivity contribution in [3.63, 3.8) is 0 Å². The van der Waals surface area contributed by atoms with Crippen molar-refractivity contribution < 1.29 is 24.2 Å². The third-order valence-corrected chi connectivity index (χ3v) is 4.51. The van der Waals surface area contributed by atoms with Gasteiger partial charge >= 0.3 is 0 Å². The van der Waals surface area contributed by atoms with Crippen LogP contribution in [0.25, 0.3) is 21.9 Å². The minimum Gasteiger partial charge on any atom is -0.456 e. The van der Waals surface area contributed by atoms with E-state index in [0.29, 0.717) is 0 Å². The molecule has 3 rings (SSSR count). The third kappa shape index (κ3) is 3.74. The standard InChI is InChI=1S/C22H20O7/c1-21(2,27)19(25)11-5-7-15-13(9-11)17(23)18(24)14-10-12(6-8-16(14)29-15)20(26)22(3,4)28/h5-10,27-28H,1-4H3. The Morgan fingerprint density at radius 3 is 1.38 bits per heavy atom. The monoisotopic (exact) mass is 396 g/mol. The summed E-state index contributed by atoms with van der Waals surface area (Å²) in [4.78, 5) is 50.1. The Labute approximate surface area is 165 Å². The van der Waals surface area contributed by atoms with E-state index in [-0.39, 0.29) is 33.1 Å². The second kappa shape index (κ2) is 6.72. The molecule has 0 unspecified atom stereocenters. The summed E-state index contributed by atoms with van der Waals surface area (Å²) in [6, 6.07) is 7.98. The molecule has 2 aromatic carbocycles. The first-order valence-electron chi connectivity index (χ1n) is 8.90. The van der Waals surface area contributed by atoms with Crippen LogP contribution in [0, 0.1) is 0 Å². The number of hydrogen-bond acceptors (Lipinski definition) is 7. The molecular weight excluding hydrogens is 376 g/mol. The highest BCUT2D eigenvalue weighted by Gasteiger charge is 2.27. The maximum atomic E-state index is 12.8. The third-order valence-electron chi connectivity index (χ3n) is 4.51. The average Bonchev–Trinajstić information content (AvgIpc) is 2.74. The zero-order valence-electron chi connectivity index (χ0n) is 16.4. The van der Waals surface area contributed by atoms with Crippen molar-refractivity contribution in [2.75, 3.05) is 0 Å². The fourth-order valence-corrected chi connectivity index (χ4v) is 2.94. The molecule has 150 valence electrons. The summed E-state index contributed by atoms with van der Waals surface area (Å²) in [5.41, 5.74) is -4.83. The number of benzene rings is 2. The SMILES string of the molecule is CC(C)(O)C(=O)c1ccc2oc3ccc(C(=O)C(C)(C)O)cc3c(=O)c(=O)c2c1. The molecule has 0 aliphatic rings. The van der Waals surface area contributed by atoms with E-state index in [1.165, 1.54) is 64.1 Å². The van der Waals surface area contributed by atoms with E-state index >= 15 is 0 Å². The Bertz CT molecular complexity index is 1190. The van der Waals surface area contributed by atoms with Crippen LogP contribution in [0.4, 0.5) is 0 Å². The summed E-state index contributed by atoms with van der Waals surface area (Å²) >= 11 is 0. The second-order valence-electron chi connectivity index (χ2n) is 7.96. The van der Waals surface area contributed by atoms with Gasteiger partial charge in [0.1, 0.15) is 22.4 Å². The average molecular weight is 396 g/mol. The highest BCUT2D eigenvalue weighted by Crippen LogP contribution is 2.21. The molecule has 0 amide bonds. The quantitative estimate of drug-likeness (QED) is 0.512. The maximum absolute atomic E-state index is 12.8. The van der Waals surface area contributed by atoms with E-state index in [2.05, 4.69) is 0 Å². The lowest BCUT2D eigenvalue weighted by Gasteiger charge is -2.15. The van der Waals surface area contributed by atoms with E-state index in [1.54, 1.807) is 0 Å². The molecule has 0 radical (unpaired) electrons. The van der Waals surface area contributed by atoms with Gasteiger partial charge in [0, 0.05) is 11.1 Å². The number of Topliss-reactive ketones (excluding diaryl/α,β-unsaturated/α-hetero) is 2. The lowest BCUT2D eigenvalue weighted by molar-refractivity contribution is 0.0487. The molecule has 7 heteroatoms. The Kier molecular flexibility index (Phi) is 4.77. The van der Waals surface area contributed by atoms with Crippen LogP contribution in [0.3, 0.4) is 0 Å². The van der Waals surface area contributed by atoms with Gasteiger partial charge in [0.25, 0.3) is 0 Å². The molecule has 1 heterocycles. The summed E-state index contributed by atoms with van der Waals surface area (Å²) in [5, 5.41) is 19.6. The molecule has 0 aliphatic heterocycles.